The minimum absolute atomic E-state index is 0.00173. The maximum Gasteiger partial charge on any atom is 0.416 e. The number of hydrogen-bond acceptors (Lipinski definition) is 3. The zero-order chi connectivity index (χ0) is 24.2. The van der Waals surface area contributed by atoms with E-state index in [4.69, 9.17) is 0 Å². The predicted octanol–water partition coefficient (Wildman–Crippen LogP) is 3.76. The van der Waals surface area contributed by atoms with Crippen LogP contribution in [0.4, 0.5) is 18.9 Å². The van der Waals surface area contributed by atoms with Crippen LogP contribution in [0.2, 0.25) is 0 Å². The second kappa shape index (κ2) is 10.1. The highest BCUT2D eigenvalue weighted by atomic mass is 19.4. The van der Waals surface area contributed by atoms with Crippen LogP contribution in [0.3, 0.4) is 0 Å². The minimum Gasteiger partial charge on any atom is -0.354 e. The van der Waals surface area contributed by atoms with Gasteiger partial charge in [0, 0.05) is 31.2 Å². The standard InChI is InChI=1S/C24H26F3N3O3/c1-15(2)28-21(31)11-16-6-8-20(9-7-16)29-23(33)18-12-22(32)30(14-18)13-17-4-3-5-19(10-17)24(25,26)27/h3-10,15,18H,11-14H2,1-2H3,(H,28,31)(H,29,33). The Morgan fingerprint density at radius 3 is 2.42 bits per heavy atom. The third kappa shape index (κ3) is 6.81. The quantitative estimate of drug-likeness (QED) is 0.659. The molecule has 1 atom stereocenters. The lowest BCUT2D eigenvalue weighted by Gasteiger charge is -2.18. The molecule has 2 aromatic rings. The number of carbonyl (C=O) groups is 3. The van der Waals surface area contributed by atoms with Crippen LogP contribution in [-0.4, -0.2) is 35.2 Å². The molecule has 1 aliphatic rings. The summed E-state index contributed by atoms with van der Waals surface area (Å²) in [4.78, 5) is 38.2. The first-order valence-electron chi connectivity index (χ1n) is 10.6. The Morgan fingerprint density at radius 2 is 1.79 bits per heavy atom. The Bertz CT molecular complexity index is 1020. The molecule has 0 bridgehead atoms. The van der Waals surface area contributed by atoms with Crippen LogP contribution in [-0.2, 0) is 33.5 Å². The largest absolute Gasteiger partial charge is 0.416 e. The molecule has 9 heteroatoms. The lowest BCUT2D eigenvalue weighted by atomic mass is 10.1. The summed E-state index contributed by atoms with van der Waals surface area (Å²) in [5, 5.41) is 5.57. The van der Waals surface area contributed by atoms with Gasteiger partial charge in [0.2, 0.25) is 17.7 Å². The summed E-state index contributed by atoms with van der Waals surface area (Å²) < 4.78 is 38.8. The van der Waals surface area contributed by atoms with Crippen molar-refractivity contribution >= 4 is 23.4 Å². The predicted molar refractivity (Wildman–Crippen MR) is 117 cm³/mol. The zero-order valence-electron chi connectivity index (χ0n) is 18.4. The van der Waals surface area contributed by atoms with E-state index in [1.807, 2.05) is 13.8 Å². The van der Waals surface area contributed by atoms with Crippen molar-refractivity contribution in [3.05, 3.63) is 65.2 Å². The van der Waals surface area contributed by atoms with Crippen molar-refractivity contribution in [1.82, 2.24) is 10.2 Å². The maximum absolute atomic E-state index is 12.9. The molecule has 1 saturated heterocycles. The molecule has 2 aromatic carbocycles. The Labute approximate surface area is 190 Å². The number of alkyl halides is 3. The number of rotatable bonds is 7. The summed E-state index contributed by atoms with van der Waals surface area (Å²) in [5.41, 5.74) is 0.925. The topological polar surface area (TPSA) is 78.5 Å². The van der Waals surface area contributed by atoms with Crippen LogP contribution < -0.4 is 10.6 Å². The smallest absolute Gasteiger partial charge is 0.354 e. The first-order chi connectivity index (χ1) is 15.5. The number of anilines is 1. The SMILES string of the molecule is CC(C)NC(=O)Cc1ccc(NC(=O)C2CC(=O)N(Cc3cccc(C(F)(F)F)c3)C2)cc1. The van der Waals surface area contributed by atoms with Crippen LogP contribution in [0.25, 0.3) is 0 Å². The number of carbonyl (C=O) groups excluding carboxylic acids is 3. The van der Waals surface area contributed by atoms with E-state index in [0.29, 0.717) is 11.3 Å². The highest BCUT2D eigenvalue weighted by Gasteiger charge is 2.35. The zero-order valence-corrected chi connectivity index (χ0v) is 18.4. The van der Waals surface area contributed by atoms with E-state index in [0.717, 1.165) is 17.7 Å². The van der Waals surface area contributed by atoms with Crippen LogP contribution in [0.15, 0.2) is 48.5 Å². The summed E-state index contributed by atoms with van der Waals surface area (Å²) in [5.74, 6) is -1.30. The molecule has 0 aromatic heterocycles. The molecule has 3 amide bonds. The van der Waals surface area contributed by atoms with E-state index in [2.05, 4.69) is 10.6 Å². The molecule has 0 radical (unpaired) electrons. The van der Waals surface area contributed by atoms with Gasteiger partial charge in [-0.15, -0.1) is 0 Å². The van der Waals surface area contributed by atoms with Crippen LogP contribution in [0.5, 0.6) is 0 Å². The third-order valence-electron chi connectivity index (χ3n) is 5.25. The molecule has 2 N–H and O–H groups in total. The number of amides is 3. The molecular formula is C24H26F3N3O3. The van der Waals surface area contributed by atoms with Crippen molar-refractivity contribution in [2.45, 2.75) is 45.5 Å². The number of nitrogens with one attached hydrogen (secondary N) is 2. The van der Waals surface area contributed by atoms with Crippen LogP contribution >= 0.6 is 0 Å². The summed E-state index contributed by atoms with van der Waals surface area (Å²) in [6.45, 7) is 3.91. The monoisotopic (exact) mass is 461 g/mol. The summed E-state index contributed by atoms with van der Waals surface area (Å²) >= 11 is 0. The van der Waals surface area contributed by atoms with E-state index in [1.165, 1.54) is 17.0 Å². The fraction of sp³-hybridized carbons (Fsp3) is 0.375. The molecule has 1 fully saturated rings. The van der Waals surface area contributed by atoms with Gasteiger partial charge >= 0.3 is 6.18 Å². The number of halogens is 3. The molecule has 6 nitrogen and oxygen atoms in total. The molecule has 176 valence electrons. The van der Waals surface area contributed by atoms with Crippen molar-refractivity contribution in [3.63, 3.8) is 0 Å². The maximum atomic E-state index is 12.9. The first kappa shape index (κ1) is 24.3. The lowest BCUT2D eigenvalue weighted by Crippen LogP contribution is -2.31. The van der Waals surface area contributed by atoms with E-state index in [-0.39, 0.29) is 49.7 Å². The van der Waals surface area contributed by atoms with Crippen LogP contribution in [0, 0.1) is 5.92 Å². The van der Waals surface area contributed by atoms with Gasteiger partial charge < -0.3 is 15.5 Å². The Morgan fingerprint density at radius 1 is 1.09 bits per heavy atom. The third-order valence-corrected chi connectivity index (χ3v) is 5.25. The van der Waals surface area contributed by atoms with E-state index >= 15 is 0 Å². The van der Waals surface area contributed by atoms with E-state index in [1.54, 1.807) is 24.3 Å². The van der Waals surface area contributed by atoms with Gasteiger partial charge in [-0.1, -0.05) is 24.3 Å². The number of nitrogens with zero attached hydrogens (tertiary/aromatic N) is 1. The normalized spacial score (nSPS) is 16.2. The van der Waals surface area contributed by atoms with Crippen molar-refractivity contribution in [3.8, 4) is 0 Å². The summed E-state index contributed by atoms with van der Waals surface area (Å²) in [6.07, 6.45) is -4.23. The van der Waals surface area contributed by atoms with Gasteiger partial charge in [-0.2, -0.15) is 13.2 Å². The van der Waals surface area contributed by atoms with E-state index in [9.17, 15) is 27.6 Å². The van der Waals surface area contributed by atoms with Crippen molar-refractivity contribution in [2.75, 3.05) is 11.9 Å². The molecule has 0 saturated carbocycles. The van der Waals surface area contributed by atoms with Crippen molar-refractivity contribution in [1.29, 1.82) is 0 Å². The first-order valence-corrected chi connectivity index (χ1v) is 10.6. The van der Waals surface area contributed by atoms with Gasteiger partial charge in [-0.25, -0.2) is 0 Å². The van der Waals surface area contributed by atoms with Gasteiger partial charge in [0.1, 0.15) is 0 Å². The second-order valence-corrected chi connectivity index (χ2v) is 8.46. The highest BCUT2D eigenvalue weighted by Crippen LogP contribution is 2.30. The fourth-order valence-corrected chi connectivity index (χ4v) is 3.68. The van der Waals surface area contributed by atoms with Gasteiger partial charge in [-0.3, -0.25) is 14.4 Å². The lowest BCUT2D eigenvalue weighted by molar-refractivity contribution is -0.137. The second-order valence-electron chi connectivity index (χ2n) is 8.46. The number of hydrogen-bond donors (Lipinski definition) is 2. The highest BCUT2D eigenvalue weighted by molar-refractivity contribution is 5.97. The molecule has 33 heavy (non-hydrogen) atoms. The Hall–Kier alpha value is -3.36. The number of benzene rings is 2. The van der Waals surface area contributed by atoms with Crippen LogP contribution in [0.1, 0.15) is 37.0 Å². The van der Waals surface area contributed by atoms with Gasteiger partial charge in [0.25, 0.3) is 0 Å². The summed E-state index contributed by atoms with van der Waals surface area (Å²) in [6, 6.07) is 11.7. The number of likely N-dealkylation sites (tertiary alicyclic amines) is 1. The summed E-state index contributed by atoms with van der Waals surface area (Å²) in [7, 11) is 0. The van der Waals surface area contributed by atoms with Crippen molar-refractivity contribution < 1.29 is 27.6 Å². The molecule has 1 unspecified atom stereocenters. The van der Waals surface area contributed by atoms with Gasteiger partial charge in [-0.05, 0) is 49.2 Å². The molecule has 1 heterocycles. The van der Waals surface area contributed by atoms with Gasteiger partial charge in [0.05, 0.1) is 17.9 Å². The molecule has 1 aliphatic heterocycles. The Kier molecular flexibility index (Phi) is 7.40. The molecule has 3 rings (SSSR count). The average molecular weight is 461 g/mol. The van der Waals surface area contributed by atoms with E-state index < -0.39 is 17.7 Å². The molecule has 0 spiro atoms. The average Bonchev–Trinajstić information content (AvgIpc) is 3.09. The van der Waals surface area contributed by atoms with Gasteiger partial charge in [0.15, 0.2) is 0 Å². The molecular weight excluding hydrogens is 435 g/mol. The Balaban J connectivity index is 1.55. The minimum atomic E-state index is -4.46. The fourth-order valence-electron chi connectivity index (χ4n) is 3.68. The molecule has 0 aliphatic carbocycles. The van der Waals surface area contributed by atoms with Crippen molar-refractivity contribution in [2.24, 2.45) is 5.92 Å².